The number of para-hydroxylation sites is 1. The van der Waals surface area contributed by atoms with Gasteiger partial charge >= 0.3 is 5.97 Å². The molecule has 0 bridgehead atoms. The smallest absolute Gasteiger partial charge is 0.339 e. The lowest BCUT2D eigenvalue weighted by atomic mass is 10.0. The number of esters is 1. The molecule has 0 saturated carbocycles. The number of ketones is 1. The monoisotopic (exact) mass is 443 g/mol. The van der Waals surface area contributed by atoms with E-state index in [4.69, 9.17) is 21.3 Å². The summed E-state index contributed by atoms with van der Waals surface area (Å²) in [5.41, 5.74) is 5.17. The van der Waals surface area contributed by atoms with E-state index in [1.807, 2.05) is 49.4 Å². The zero-order valence-corrected chi connectivity index (χ0v) is 18.6. The molecule has 4 aromatic rings. The zero-order chi connectivity index (χ0) is 22.7. The number of nitrogens with zero attached hydrogens (tertiary/aromatic N) is 1. The van der Waals surface area contributed by atoms with Crippen molar-refractivity contribution >= 4 is 34.3 Å². The van der Waals surface area contributed by atoms with E-state index in [0.29, 0.717) is 32.7 Å². The van der Waals surface area contributed by atoms with Crippen LogP contribution in [0.1, 0.15) is 38.8 Å². The topological polar surface area (TPSA) is 56.3 Å². The number of halogens is 1. The number of benzene rings is 3. The molecule has 0 atom stereocenters. The Hall–Kier alpha value is -3.50. The molecule has 0 unspecified atom stereocenters. The number of pyridine rings is 1. The maximum Gasteiger partial charge on any atom is 0.339 e. The van der Waals surface area contributed by atoms with Crippen molar-refractivity contribution in [2.75, 3.05) is 6.61 Å². The van der Waals surface area contributed by atoms with Gasteiger partial charge in [-0.1, -0.05) is 73.1 Å². The summed E-state index contributed by atoms with van der Waals surface area (Å²) in [5.74, 6) is -0.801. The Kier molecular flexibility index (Phi) is 6.33. The molecule has 32 heavy (non-hydrogen) atoms. The molecule has 0 aliphatic rings. The molecule has 0 aliphatic carbocycles. The number of fused-ring (bicyclic) bond motifs is 1. The van der Waals surface area contributed by atoms with Gasteiger partial charge in [-0.3, -0.25) is 4.79 Å². The molecule has 3 aromatic carbocycles. The van der Waals surface area contributed by atoms with Crippen LogP contribution < -0.4 is 0 Å². The van der Waals surface area contributed by atoms with Gasteiger partial charge < -0.3 is 4.74 Å². The van der Waals surface area contributed by atoms with Crippen molar-refractivity contribution in [3.8, 4) is 11.3 Å². The van der Waals surface area contributed by atoms with Gasteiger partial charge in [-0.2, -0.15) is 0 Å². The molecule has 0 N–H and O–H groups in total. The third-order valence-corrected chi connectivity index (χ3v) is 5.67. The predicted octanol–water partition coefficient (Wildman–Crippen LogP) is 6.47. The summed E-state index contributed by atoms with van der Waals surface area (Å²) in [6.07, 6.45) is 0.897. The van der Waals surface area contributed by atoms with E-state index >= 15 is 0 Å². The van der Waals surface area contributed by atoms with Gasteiger partial charge in [0.05, 0.1) is 16.8 Å². The molecular weight excluding hydrogens is 422 g/mol. The Balaban J connectivity index is 1.64. The summed E-state index contributed by atoms with van der Waals surface area (Å²) in [4.78, 5) is 30.3. The second-order valence-electron chi connectivity index (χ2n) is 7.58. The molecule has 0 amide bonds. The highest BCUT2D eigenvalue weighted by Crippen LogP contribution is 2.28. The lowest BCUT2D eigenvalue weighted by molar-refractivity contribution is 0.0476. The van der Waals surface area contributed by atoms with Crippen LogP contribution in [0.25, 0.3) is 22.2 Å². The van der Waals surface area contributed by atoms with Crippen molar-refractivity contribution in [2.24, 2.45) is 0 Å². The third-order valence-electron chi connectivity index (χ3n) is 5.42. The minimum atomic E-state index is -0.559. The number of hydrogen-bond donors (Lipinski definition) is 0. The Morgan fingerprint density at radius 1 is 0.969 bits per heavy atom. The van der Waals surface area contributed by atoms with Crippen LogP contribution >= 0.6 is 11.6 Å². The van der Waals surface area contributed by atoms with Crippen LogP contribution in [0.3, 0.4) is 0 Å². The fourth-order valence-corrected chi connectivity index (χ4v) is 3.67. The third kappa shape index (κ3) is 4.56. The fraction of sp³-hybridized carbons (Fsp3) is 0.148. The van der Waals surface area contributed by atoms with E-state index in [9.17, 15) is 9.59 Å². The SMILES string of the molecule is CCc1ccc(C(=O)COC(=O)c2cc(-c3ccc(Cl)cc3)nc3c(C)cccc23)cc1. The molecule has 5 heteroatoms. The molecule has 0 radical (unpaired) electrons. The minimum absolute atomic E-state index is 0.242. The Morgan fingerprint density at radius 2 is 1.69 bits per heavy atom. The first-order valence-corrected chi connectivity index (χ1v) is 10.8. The first-order valence-electron chi connectivity index (χ1n) is 10.4. The molecule has 160 valence electrons. The number of hydrogen-bond acceptors (Lipinski definition) is 4. The van der Waals surface area contributed by atoms with Crippen molar-refractivity contribution in [2.45, 2.75) is 20.3 Å². The molecule has 4 nitrogen and oxygen atoms in total. The highest BCUT2D eigenvalue weighted by molar-refractivity contribution is 6.30. The van der Waals surface area contributed by atoms with Gasteiger partial charge in [0, 0.05) is 21.5 Å². The maximum absolute atomic E-state index is 13.0. The Labute approximate surface area is 191 Å². The molecule has 1 aromatic heterocycles. The van der Waals surface area contributed by atoms with Crippen molar-refractivity contribution in [1.29, 1.82) is 0 Å². The van der Waals surface area contributed by atoms with Gasteiger partial charge in [-0.15, -0.1) is 0 Å². The van der Waals surface area contributed by atoms with Crippen molar-refractivity contribution in [3.05, 3.63) is 100 Å². The van der Waals surface area contributed by atoms with Crippen molar-refractivity contribution < 1.29 is 14.3 Å². The first-order chi connectivity index (χ1) is 15.5. The van der Waals surface area contributed by atoms with E-state index in [-0.39, 0.29) is 12.4 Å². The van der Waals surface area contributed by atoms with E-state index in [2.05, 4.69) is 6.92 Å². The van der Waals surface area contributed by atoms with Gasteiger partial charge in [0.2, 0.25) is 0 Å². The number of carbonyl (C=O) groups excluding carboxylic acids is 2. The van der Waals surface area contributed by atoms with Gasteiger partial charge in [0.1, 0.15) is 0 Å². The van der Waals surface area contributed by atoms with Crippen molar-refractivity contribution in [3.63, 3.8) is 0 Å². The van der Waals surface area contributed by atoms with Crippen LogP contribution in [0.4, 0.5) is 0 Å². The van der Waals surface area contributed by atoms with Crippen LogP contribution in [-0.2, 0) is 11.2 Å². The minimum Gasteiger partial charge on any atom is -0.454 e. The fourth-order valence-electron chi connectivity index (χ4n) is 3.55. The first kappa shape index (κ1) is 21.7. The lowest BCUT2D eigenvalue weighted by Gasteiger charge is -2.11. The number of Topliss-reactive ketones (excluding diaryl/α,β-unsaturated/α-hetero) is 1. The summed E-state index contributed by atoms with van der Waals surface area (Å²) < 4.78 is 5.42. The van der Waals surface area contributed by atoms with Crippen LogP contribution in [0.2, 0.25) is 5.02 Å². The molecule has 1 heterocycles. The zero-order valence-electron chi connectivity index (χ0n) is 17.9. The Bertz CT molecular complexity index is 1300. The molecular formula is C27H22ClNO3. The quantitative estimate of drug-likeness (QED) is 0.253. The van der Waals surface area contributed by atoms with Crippen LogP contribution in [0.5, 0.6) is 0 Å². The van der Waals surface area contributed by atoms with Crippen LogP contribution in [0, 0.1) is 6.92 Å². The summed E-state index contributed by atoms with van der Waals surface area (Å²) >= 11 is 6.01. The maximum atomic E-state index is 13.0. The average molecular weight is 444 g/mol. The summed E-state index contributed by atoms with van der Waals surface area (Å²) in [7, 11) is 0. The summed E-state index contributed by atoms with van der Waals surface area (Å²) in [5, 5.41) is 1.31. The molecule has 0 aliphatic heterocycles. The van der Waals surface area contributed by atoms with E-state index in [1.54, 1.807) is 30.3 Å². The normalized spacial score (nSPS) is 10.8. The van der Waals surface area contributed by atoms with Crippen molar-refractivity contribution in [1.82, 2.24) is 4.98 Å². The summed E-state index contributed by atoms with van der Waals surface area (Å²) in [6, 6.07) is 22.0. The van der Waals surface area contributed by atoms with Crippen LogP contribution in [-0.4, -0.2) is 23.3 Å². The summed E-state index contributed by atoms with van der Waals surface area (Å²) in [6.45, 7) is 3.67. The van der Waals surface area contributed by atoms with Gasteiger partial charge in [-0.05, 0) is 42.7 Å². The van der Waals surface area contributed by atoms with Gasteiger partial charge in [-0.25, -0.2) is 9.78 Å². The van der Waals surface area contributed by atoms with Gasteiger partial charge in [0.15, 0.2) is 12.4 Å². The van der Waals surface area contributed by atoms with Crippen LogP contribution in [0.15, 0.2) is 72.8 Å². The predicted molar refractivity (Wildman–Crippen MR) is 127 cm³/mol. The number of aryl methyl sites for hydroxylation is 2. The number of carbonyl (C=O) groups is 2. The number of aromatic nitrogens is 1. The van der Waals surface area contributed by atoms with E-state index < -0.39 is 5.97 Å². The number of ether oxygens (including phenoxy) is 1. The highest BCUT2D eigenvalue weighted by Gasteiger charge is 2.18. The average Bonchev–Trinajstić information content (AvgIpc) is 2.82. The number of rotatable bonds is 6. The van der Waals surface area contributed by atoms with E-state index in [1.165, 1.54) is 0 Å². The molecule has 0 saturated heterocycles. The Morgan fingerprint density at radius 3 is 2.38 bits per heavy atom. The standard InChI is InChI=1S/C27H22ClNO3/c1-3-18-7-9-20(10-8-18)25(30)16-32-27(31)23-15-24(19-11-13-21(28)14-12-19)29-26-17(2)5-4-6-22(23)26/h4-15H,3,16H2,1-2H3. The van der Waals surface area contributed by atoms with E-state index in [0.717, 1.165) is 23.1 Å². The highest BCUT2D eigenvalue weighted by atomic mass is 35.5. The largest absolute Gasteiger partial charge is 0.454 e. The lowest BCUT2D eigenvalue weighted by Crippen LogP contribution is -2.15. The molecule has 0 fully saturated rings. The molecule has 0 spiro atoms. The second kappa shape index (κ2) is 9.33. The van der Waals surface area contributed by atoms with Gasteiger partial charge in [0.25, 0.3) is 0 Å². The molecule has 4 rings (SSSR count). The second-order valence-corrected chi connectivity index (χ2v) is 8.02.